The molecule has 1 atom stereocenters. The lowest BCUT2D eigenvalue weighted by Crippen LogP contribution is -2.47. The topological polar surface area (TPSA) is 44.8 Å². The van der Waals surface area contributed by atoms with Gasteiger partial charge >= 0.3 is 0 Å². The van der Waals surface area contributed by atoms with Crippen molar-refractivity contribution >= 4 is 11.6 Å². The van der Waals surface area contributed by atoms with Gasteiger partial charge in [-0.1, -0.05) is 24.3 Å². The van der Waals surface area contributed by atoms with Crippen LogP contribution in [0, 0.1) is 0 Å². The fourth-order valence-electron chi connectivity index (χ4n) is 4.57. The van der Waals surface area contributed by atoms with Gasteiger partial charge in [0.1, 0.15) is 5.75 Å². The SMILES string of the molecule is COc1ccc(NC(=O)CCCN2CCN(C3CCc4ccccc43)CC2)cc1. The van der Waals surface area contributed by atoms with E-state index in [0.717, 1.165) is 50.6 Å². The number of anilines is 1. The summed E-state index contributed by atoms with van der Waals surface area (Å²) in [5, 5.41) is 2.96. The Bertz CT molecular complexity index is 813. The first-order valence-corrected chi connectivity index (χ1v) is 10.7. The number of ether oxygens (including phenoxy) is 1. The molecular formula is C24H31N3O2. The van der Waals surface area contributed by atoms with E-state index in [1.54, 1.807) is 7.11 Å². The van der Waals surface area contributed by atoms with E-state index in [2.05, 4.69) is 39.4 Å². The zero-order valence-corrected chi connectivity index (χ0v) is 17.3. The van der Waals surface area contributed by atoms with Gasteiger partial charge in [-0.05, 0) is 61.2 Å². The predicted octanol–water partition coefficient (Wildman–Crippen LogP) is 3.72. The summed E-state index contributed by atoms with van der Waals surface area (Å²) in [5.74, 6) is 0.875. The highest BCUT2D eigenvalue weighted by Gasteiger charge is 2.29. The molecule has 0 saturated carbocycles. The Morgan fingerprint density at radius 2 is 1.83 bits per heavy atom. The van der Waals surface area contributed by atoms with Crippen molar-refractivity contribution in [2.45, 2.75) is 31.7 Å². The molecule has 0 aromatic heterocycles. The zero-order chi connectivity index (χ0) is 20.1. The highest BCUT2D eigenvalue weighted by molar-refractivity contribution is 5.90. The molecular weight excluding hydrogens is 362 g/mol. The van der Waals surface area contributed by atoms with Crippen molar-refractivity contribution in [3.8, 4) is 5.75 Å². The van der Waals surface area contributed by atoms with E-state index in [1.807, 2.05) is 24.3 Å². The van der Waals surface area contributed by atoms with Crippen molar-refractivity contribution in [1.29, 1.82) is 0 Å². The summed E-state index contributed by atoms with van der Waals surface area (Å²) in [7, 11) is 1.64. The molecule has 2 aromatic rings. The Hall–Kier alpha value is -2.37. The Kier molecular flexibility index (Phi) is 6.47. The fourth-order valence-corrected chi connectivity index (χ4v) is 4.57. The number of carbonyl (C=O) groups excluding carboxylic acids is 1. The predicted molar refractivity (Wildman–Crippen MR) is 116 cm³/mol. The van der Waals surface area contributed by atoms with Crippen LogP contribution in [0.3, 0.4) is 0 Å². The molecule has 0 bridgehead atoms. The molecule has 1 aliphatic heterocycles. The maximum absolute atomic E-state index is 12.2. The summed E-state index contributed by atoms with van der Waals surface area (Å²) < 4.78 is 5.14. The Labute approximate surface area is 173 Å². The van der Waals surface area contributed by atoms with Crippen molar-refractivity contribution < 1.29 is 9.53 Å². The minimum atomic E-state index is 0.0800. The van der Waals surface area contributed by atoms with Crippen LogP contribution in [0.5, 0.6) is 5.75 Å². The molecule has 1 N–H and O–H groups in total. The minimum Gasteiger partial charge on any atom is -0.497 e. The average Bonchev–Trinajstić information content (AvgIpc) is 3.19. The molecule has 5 nitrogen and oxygen atoms in total. The second-order valence-corrected chi connectivity index (χ2v) is 8.01. The zero-order valence-electron chi connectivity index (χ0n) is 17.3. The first-order chi connectivity index (χ1) is 14.2. The van der Waals surface area contributed by atoms with Crippen molar-refractivity contribution in [2.24, 2.45) is 0 Å². The van der Waals surface area contributed by atoms with E-state index in [4.69, 9.17) is 4.74 Å². The maximum Gasteiger partial charge on any atom is 0.224 e. The smallest absolute Gasteiger partial charge is 0.224 e. The van der Waals surface area contributed by atoms with Crippen LogP contribution in [-0.4, -0.2) is 55.5 Å². The first kappa shape index (κ1) is 19.9. The monoisotopic (exact) mass is 393 g/mol. The molecule has 1 fully saturated rings. The van der Waals surface area contributed by atoms with Gasteiger partial charge in [0.25, 0.3) is 0 Å². The van der Waals surface area contributed by atoms with Gasteiger partial charge in [0, 0.05) is 44.3 Å². The number of aryl methyl sites for hydroxylation is 1. The molecule has 0 spiro atoms. The van der Waals surface area contributed by atoms with E-state index in [0.29, 0.717) is 12.5 Å². The number of piperazine rings is 1. The van der Waals surface area contributed by atoms with Crippen LogP contribution in [0.1, 0.15) is 36.4 Å². The summed E-state index contributed by atoms with van der Waals surface area (Å²) >= 11 is 0. The number of hydrogen-bond acceptors (Lipinski definition) is 4. The molecule has 4 rings (SSSR count). The number of hydrogen-bond donors (Lipinski definition) is 1. The molecule has 1 aliphatic carbocycles. The number of rotatable bonds is 7. The number of nitrogens with one attached hydrogen (secondary N) is 1. The van der Waals surface area contributed by atoms with Crippen LogP contribution in [0.25, 0.3) is 0 Å². The van der Waals surface area contributed by atoms with Crippen molar-refractivity contribution in [1.82, 2.24) is 9.80 Å². The standard InChI is InChI=1S/C24H31N3O2/c1-29-21-11-9-20(10-12-21)25-24(28)7-4-14-26-15-17-27(18-16-26)23-13-8-19-5-2-3-6-22(19)23/h2-3,5-6,9-12,23H,4,7-8,13-18H2,1H3,(H,25,28). The molecule has 1 unspecified atom stereocenters. The third-order valence-electron chi connectivity index (χ3n) is 6.20. The molecule has 2 aromatic carbocycles. The van der Waals surface area contributed by atoms with Crippen LogP contribution < -0.4 is 10.1 Å². The largest absolute Gasteiger partial charge is 0.497 e. The van der Waals surface area contributed by atoms with Crippen LogP contribution >= 0.6 is 0 Å². The van der Waals surface area contributed by atoms with E-state index < -0.39 is 0 Å². The van der Waals surface area contributed by atoms with E-state index in [-0.39, 0.29) is 5.91 Å². The van der Waals surface area contributed by atoms with Crippen molar-refractivity contribution in [3.63, 3.8) is 0 Å². The van der Waals surface area contributed by atoms with E-state index in [1.165, 1.54) is 24.0 Å². The summed E-state index contributed by atoms with van der Waals surface area (Å²) in [6.07, 6.45) is 3.92. The van der Waals surface area contributed by atoms with Crippen molar-refractivity contribution in [2.75, 3.05) is 45.2 Å². The van der Waals surface area contributed by atoms with Crippen LogP contribution in [0.15, 0.2) is 48.5 Å². The number of nitrogens with zero attached hydrogens (tertiary/aromatic N) is 2. The highest BCUT2D eigenvalue weighted by atomic mass is 16.5. The molecule has 1 heterocycles. The number of fused-ring (bicyclic) bond motifs is 1. The normalized spacial score (nSPS) is 19.7. The third-order valence-corrected chi connectivity index (χ3v) is 6.20. The number of carbonyl (C=O) groups is 1. The van der Waals surface area contributed by atoms with Gasteiger partial charge in [-0.3, -0.25) is 9.69 Å². The van der Waals surface area contributed by atoms with Crippen LogP contribution in [0.2, 0.25) is 0 Å². The van der Waals surface area contributed by atoms with Gasteiger partial charge < -0.3 is 15.0 Å². The number of benzene rings is 2. The van der Waals surface area contributed by atoms with Gasteiger partial charge in [-0.25, -0.2) is 0 Å². The molecule has 1 saturated heterocycles. The molecule has 0 radical (unpaired) electrons. The number of amides is 1. The second kappa shape index (κ2) is 9.42. The minimum absolute atomic E-state index is 0.0800. The molecule has 5 heteroatoms. The Morgan fingerprint density at radius 1 is 1.07 bits per heavy atom. The molecule has 1 amide bonds. The van der Waals surface area contributed by atoms with Crippen molar-refractivity contribution in [3.05, 3.63) is 59.7 Å². The molecule has 154 valence electrons. The lowest BCUT2D eigenvalue weighted by Gasteiger charge is -2.38. The lowest BCUT2D eigenvalue weighted by molar-refractivity contribution is -0.116. The quantitative estimate of drug-likeness (QED) is 0.779. The van der Waals surface area contributed by atoms with Crippen LogP contribution in [-0.2, 0) is 11.2 Å². The van der Waals surface area contributed by atoms with E-state index in [9.17, 15) is 4.79 Å². The third kappa shape index (κ3) is 4.98. The highest BCUT2D eigenvalue weighted by Crippen LogP contribution is 2.35. The van der Waals surface area contributed by atoms with Gasteiger partial charge in [0.05, 0.1) is 7.11 Å². The first-order valence-electron chi connectivity index (χ1n) is 10.7. The summed E-state index contributed by atoms with van der Waals surface area (Å²) in [4.78, 5) is 17.3. The summed E-state index contributed by atoms with van der Waals surface area (Å²) in [6.45, 7) is 5.43. The second-order valence-electron chi connectivity index (χ2n) is 8.01. The summed E-state index contributed by atoms with van der Waals surface area (Å²) in [6, 6.07) is 17.0. The van der Waals surface area contributed by atoms with E-state index >= 15 is 0 Å². The van der Waals surface area contributed by atoms with Crippen LogP contribution in [0.4, 0.5) is 5.69 Å². The van der Waals surface area contributed by atoms with Gasteiger partial charge in [-0.15, -0.1) is 0 Å². The average molecular weight is 394 g/mol. The van der Waals surface area contributed by atoms with Gasteiger partial charge in [0.2, 0.25) is 5.91 Å². The molecule has 2 aliphatic rings. The number of methoxy groups -OCH3 is 1. The maximum atomic E-state index is 12.2. The molecule has 29 heavy (non-hydrogen) atoms. The fraction of sp³-hybridized carbons (Fsp3) is 0.458. The Morgan fingerprint density at radius 3 is 2.59 bits per heavy atom. The van der Waals surface area contributed by atoms with Gasteiger partial charge in [-0.2, -0.15) is 0 Å². The lowest BCUT2D eigenvalue weighted by atomic mass is 10.1. The Balaban J connectivity index is 1.16. The van der Waals surface area contributed by atoms with Gasteiger partial charge in [0.15, 0.2) is 0 Å². The summed E-state index contributed by atoms with van der Waals surface area (Å²) in [5.41, 5.74) is 3.89.